The third kappa shape index (κ3) is 4.58. The number of hydrogen-bond donors (Lipinski definition) is 1. The molecule has 0 saturated carbocycles. The zero-order valence-electron chi connectivity index (χ0n) is 13.3. The lowest BCUT2D eigenvalue weighted by molar-refractivity contribution is -0.132. The summed E-state index contributed by atoms with van der Waals surface area (Å²) in [6.07, 6.45) is 2.31. The van der Waals surface area contributed by atoms with Crippen molar-refractivity contribution >= 4 is 29.4 Å². The van der Waals surface area contributed by atoms with Crippen LogP contribution in [0.25, 0.3) is 0 Å². The lowest BCUT2D eigenvalue weighted by Gasteiger charge is -2.21. The number of thioether (sulfide) groups is 2. The first kappa shape index (κ1) is 17.0. The van der Waals surface area contributed by atoms with E-state index in [2.05, 4.69) is 12.1 Å². The molecule has 2 aliphatic rings. The van der Waals surface area contributed by atoms with E-state index in [-0.39, 0.29) is 12.5 Å². The minimum Gasteiger partial charge on any atom is -0.484 e. The van der Waals surface area contributed by atoms with Crippen molar-refractivity contribution in [3.05, 3.63) is 29.8 Å². The van der Waals surface area contributed by atoms with Gasteiger partial charge in [0, 0.05) is 13.1 Å². The molecule has 0 spiro atoms. The highest BCUT2D eigenvalue weighted by atomic mass is 32.2. The zero-order valence-corrected chi connectivity index (χ0v) is 14.9. The molecule has 2 aliphatic heterocycles. The van der Waals surface area contributed by atoms with Crippen LogP contribution in [0.1, 0.15) is 23.0 Å². The van der Waals surface area contributed by atoms with Crippen molar-refractivity contribution in [1.82, 2.24) is 4.90 Å². The van der Waals surface area contributed by atoms with Gasteiger partial charge in [-0.2, -0.15) is 0 Å². The van der Waals surface area contributed by atoms with Crippen molar-refractivity contribution in [3.8, 4) is 5.75 Å². The molecule has 1 aromatic carbocycles. The van der Waals surface area contributed by atoms with Gasteiger partial charge >= 0.3 is 0 Å². The Kier molecular flexibility index (Phi) is 6.14. The lowest BCUT2D eigenvalue weighted by Crippen LogP contribution is -2.33. The van der Waals surface area contributed by atoms with Crippen molar-refractivity contribution in [2.24, 2.45) is 11.7 Å². The maximum Gasteiger partial charge on any atom is 0.260 e. The smallest absolute Gasteiger partial charge is 0.260 e. The second kappa shape index (κ2) is 8.31. The molecule has 2 heterocycles. The third-order valence-electron chi connectivity index (χ3n) is 4.31. The molecule has 0 radical (unpaired) electrons. The minimum absolute atomic E-state index is 0.0587. The molecule has 126 valence electrons. The maximum atomic E-state index is 12.1. The Bertz CT molecular complexity index is 518. The molecule has 1 unspecified atom stereocenters. The Hall–Kier alpha value is -0.850. The molecule has 2 saturated heterocycles. The number of ether oxygens (including phenoxy) is 1. The van der Waals surface area contributed by atoms with Gasteiger partial charge in [0.1, 0.15) is 5.75 Å². The van der Waals surface area contributed by atoms with Gasteiger partial charge in [-0.05, 0) is 54.5 Å². The monoisotopic (exact) mass is 352 g/mol. The highest BCUT2D eigenvalue weighted by Gasteiger charge is 2.25. The number of hydrogen-bond acceptors (Lipinski definition) is 5. The summed E-state index contributed by atoms with van der Waals surface area (Å²) in [6.45, 7) is 2.35. The maximum absolute atomic E-state index is 12.1. The van der Waals surface area contributed by atoms with Gasteiger partial charge in [0.2, 0.25) is 0 Å². The van der Waals surface area contributed by atoms with Gasteiger partial charge in [-0.3, -0.25) is 4.79 Å². The highest BCUT2D eigenvalue weighted by molar-refractivity contribution is 8.16. The summed E-state index contributed by atoms with van der Waals surface area (Å²) < 4.78 is 6.19. The van der Waals surface area contributed by atoms with Crippen molar-refractivity contribution < 1.29 is 9.53 Å². The van der Waals surface area contributed by atoms with E-state index >= 15 is 0 Å². The average molecular weight is 353 g/mol. The summed E-state index contributed by atoms with van der Waals surface area (Å²) in [6, 6.07) is 8.20. The lowest BCUT2D eigenvalue weighted by atomic mass is 10.1. The van der Waals surface area contributed by atoms with E-state index in [1.807, 2.05) is 40.6 Å². The van der Waals surface area contributed by atoms with Crippen molar-refractivity contribution in [2.45, 2.75) is 17.4 Å². The minimum atomic E-state index is 0.0587. The van der Waals surface area contributed by atoms with Gasteiger partial charge in [0.05, 0.1) is 4.58 Å². The fraction of sp³-hybridized carbons (Fsp3) is 0.588. The van der Waals surface area contributed by atoms with Crippen molar-refractivity contribution in [2.75, 3.05) is 37.7 Å². The predicted octanol–water partition coefficient (Wildman–Crippen LogP) is 2.74. The zero-order chi connectivity index (χ0) is 16.1. The van der Waals surface area contributed by atoms with Gasteiger partial charge in [0.25, 0.3) is 5.91 Å². The van der Waals surface area contributed by atoms with Crippen LogP contribution in [0.4, 0.5) is 0 Å². The van der Waals surface area contributed by atoms with Crippen LogP contribution in [0.15, 0.2) is 24.3 Å². The van der Waals surface area contributed by atoms with Gasteiger partial charge in [0.15, 0.2) is 6.61 Å². The number of benzene rings is 1. The molecule has 0 aromatic heterocycles. The molecule has 23 heavy (non-hydrogen) atoms. The largest absolute Gasteiger partial charge is 0.484 e. The molecule has 2 fully saturated rings. The molecular weight excluding hydrogens is 328 g/mol. The summed E-state index contributed by atoms with van der Waals surface area (Å²) in [5, 5.41) is 0. The van der Waals surface area contributed by atoms with E-state index in [4.69, 9.17) is 10.5 Å². The molecule has 3 rings (SSSR count). The summed E-state index contributed by atoms with van der Waals surface area (Å²) >= 11 is 4.02. The van der Waals surface area contributed by atoms with Crippen molar-refractivity contribution in [3.63, 3.8) is 0 Å². The van der Waals surface area contributed by atoms with Crippen LogP contribution >= 0.6 is 23.5 Å². The molecular formula is C17H24N2O2S2. The molecule has 2 N–H and O–H groups in total. The SMILES string of the molecule is NCC1CCN(C(=O)COc2ccc(C3SCCCS3)cc2)C1. The fourth-order valence-corrected chi connectivity index (χ4v) is 5.78. The van der Waals surface area contributed by atoms with Crippen LogP contribution in [0.5, 0.6) is 5.75 Å². The summed E-state index contributed by atoms with van der Waals surface area (Å²) in [4.78, 5) is 14.0. The predicted molar refractivity (Wildman–Crippen MR) is 98.0 cm³/mol. The second-order valence-electron chi connectivity index (χ2n) is 6.01. The molecule has 1 atom stereocenters. The van der Waals surface area contributed by atoms with Crippen LogP contribution < -0.4 is 10.5 Å². The fourth-order valence-electron chi connectivity index (χ4n) is 2.89. The normalized spacial score (nSPS) is 22.3. The number of rotatable bonds is 5. The van der Waals surface area contributed by atoms with Crippen LogP contribution in [0.2, 0.25) is 0 Å². The van der Waals surface area contributed by atoms with Crippen LogP contribution in [-0.4, -0.2) is 48.6 Å². The van der Waals surface area contributed by atoms with E-state index in [9.17, 15) is 4.79 Å². The molecule has 1 aromatic rings. The van der Waals surface area contributed by atoms with Crippen LogP contribution in [0, 0.1) is 5.92 Å². The molecule has 0 bridgehead atoms. The topological polar surface area (TPSA) is 55.6 Å². The number of amides is 1. The first-order valence-corrected chi connectivity index (χ1v) is 10.3. The summed E-state index contributed by atoms with van der Waals surface area (Å²) in [7, 11) is 0. The van der Waals surface area contributed by atoms with E-state index < -0.39 is 0 Å². The average Bonchev–Trinajstić information content (AvgIpc) is 3.10. The van der Waals surface area contributed by atoms with E-state index in [1.54, 1.807) is 0 Å². The number of nitrogens with two attached hydrogens (primary N) is 1. The molecule has 1 amide bonds. The summed E-state index contributed by atoms with van der Waals surface area (Å²) in [5.41, 5.74) is 7.00. The van der Waals surface area contributed by atoms with E-state index in [0.29, 0.717) is 17.0 Å². The first-order valence-electron chi connectivity index (χ1n) is 8.20. The Morgan fingerprint density at radius 3 is 2.65 bits per heavy atom. The van der Waals surface area contributed by atoms with E-state index in [0.717, 1.165) is 25.3 Å². The number of likely N-dealkylation sites (tertiary alicyclic amines) is 1. The van der Waals surface area contributed by atoms with E-state index in [1.165, 1.54) is 23.5 Å². The Morgan fingerprint density at radius 2 is 2.00 bits per heavy atom. The van der Waals surface area contributed by atoms with Crippen LogP contribution in [-0.2, 0) is 4.79 Å². The molecule has 4 nitrogen and oxygen atoms in total. The van der Waals surface area contributed by atoms with Crippen molar-refractivity contribution in [1.29, 1.82) is 0 Å². The highest BCUT2D eigenvalue weighted by Crippen LogP contribution is 2.43. The number of nitrogens with zero attached hydrogens (tertiary/aromatic N) is 1. The Labute approximate surface area is 146 Å². The standard InChI is InChI=1S/C17H24N2O2S2/c18-10-13-6-7-19(11-13)16(20)12-21-15-4-2-14(3-5-15)17-22-8-1-9-23-17/h2-5,13,17H,1,6-12,18H2. The first-order chi connectivity index (χ1) is 11.3. The number of carbonyl (C=O) groups excluding carboxylic acids is 1. The Balaban J connectivity index is 1.47. The number of carbonyl (C=O) groups is 1. The van der Waals surface area contributed by atoms with Gasteiger partial charge in [-0.15, -0.1) is 23.5 Å². The van der Waals surface area contributed by atoms with Gasteiger partial charge < -0.3 is 15.4 Å². The molecule has 0 aliphatic carbocycles. The van der Waals surface area contributed by atoms with Crippen LogP contribution in [0.3, 0.4) is 0 Å². The molecule has 6 heteroatoms. The summed E-state index contributed by atoms with van der Waals surface area (Å²) in [5.74, 6) is 3.75. The second-order valence-corrected chi connectivity index (χ2v) is 8.74. The van der Waals surface area contributed by atoms with Gasteiger partial charge in [-0.25, -0.2) is 0 Å². The third-order valence-corrected chi connectivity index (χ3v) is 7.33. The quantitative estimate of drug-likeness (QED) is 0.883. The Morgan fingerprint density at radius 1 is 1.26 bits per heavy atom. The van der Waals surface area contributed by atoms with Gasteiger partial charge in [-0.1, -0.05) is 12.1 Å².